The van der Waals surface area contributed by atoms with Crippen LogP contribution in [0.3, 0.4) is 0 Å². The van der Waals surface area contributed by atoms with Crippen LogP contribution in [-0.4, -0.2) is 36.8 Å². The van der Waals surface area contributed by atoms with Crippen LogP contribution < -0.4 is 10.1 Å². The van der Waals surface area contributed by atoms with E-state index in [0.29, 0.717) is 32.4 Å². The molecule has 0 aliphatic heterocycles. The summed E-state index contributed by atoms with van der Waals surface area (Å²) in [5.74, 6) is -1.64. The highest BCUT2D eigenvalue weighted by Gasteiger charge is 2.40. The summed E-state index contributed by atoms with van der Waals surface area (Å²) in [6, 6.07) is 8.71. The first-order chi connectivity index (χ1) is 17.2. The first-order valence-electron chi connectivity index (χ1n) is 10.8. The number of carbonyl (C=O) groups is 1. The summed E-state index contributed by atoms with van der Waals surface area (Å²) in [5.41, 5.74) is -1.68. The van der Waals surface area contributed by atoms with Crippen LogP contribution in [0.5, 0.6) is 5.75 Å². The number of amides is 1. The van der Waals surface area contributed by atoms with E-state index in [2.05, 4.69) is 20.4 Å². The summed E-state index contributed by atoms with van der Waals surface area (Å²) < 4.78 is 35.3. The predicted octanol–water partition coefficient (Wildman–Crippen LogP) is 4.26. The molecule has 8 nitrogen and oxygen atoms in total. The minimum atomic E-state index is -1.97. The van der Waals surface area contributed by atoms with Crippen LogP contribution >= 0.6 is 22.9 Å². The number of aromatic nitrogens is 4. The zero-order valence-corrected chi connectivity index (χ0v) is 20.9. The van der Waals surface area contributed by atoms with Crippen molar-refractivity contribution in [2.45, 2.75) is 38.6 Å². The number of carbonyl (C=O) groups excluding carboxylic acids is 1. The average molecular weight is 534 g/mol. The van der Waals surface area contributed by atoms with Crippen molar-refractivity contribution >= 4 is 28.8 Å². The topological polar surface area (TPSA) is 102 Å². The highest BCUT2D eigenvalue weighted by atomic mass is 35.5. The molecule has 1 amide bonds. The van der Waals surface area contributed by atoms with Gasteiger partial charge in [-0.1, -0.05) is 17.7 Å². The van der Waals surface area contributed by atoms with Gasteiger partial charge in [0, 0.05) is 16.7 Å². The van der Waals surface area contributed by atoms with E-state index < -0.39 is 29.2 Å². The Bertz CT molecular complexity index is 1350. The number of nitrogens with one attached hydrogen (secondary N) is 1. The number of benzene rings is 2. The molecule has 4 aromatic rings. The molecule has 2 aromatic carbocycles. The number of aryl methyl sites for hydroxylation is 1. The van der Waals surface area contributed by atoms with Gasteiger partial charge in [0.1, 0.15) is 52.1 Å². The number of aliphatic hydroxyl groups is 1. The molecule has 0 spiro atoms. The molecule has 2 aromatic heterocycles. The van der Waals surface area contributed by atoms with Crippen molar-refractivity contribution in [2.75, 3.05) is 0 Å². The quantitative estimate of drug-likeness (QED) is 0.333. The number of halogens is 3. The monoisotopic (exact) mass is 533 g/mol. The van der Waals surface area contributed by atoms with E-state index in [1.54, 1.807) is 31.2 Å². The number of hydrogen-bond acceptors (Lipinski definition) is 7. The maximum atomic E-state index is 14.7. The number of hydrogen-bond donors (Lipinski definition) is 2. The zero-order valence-electron chi connectivity index (χ0n) is 19.3. The van der Waals surface area contributed by atoms with Crippen LogP contribution in [0.1, 0.15) is 32.9 Å². The standard InChI is InChI=1S/C24H22ClF2N5O3S/c1-14-22(36-21(30-14)10-35-18-6-3-16(25)4-7-18)23(33)31-15(2)24(34,11-32-13-28-12-29-32)19-8-5-17(26)9-20(19)27/h3-9,12-13,15,34H,10-11H2,1-2H3,(H,31,33)/t15-,24-/m1/s1. The predicted molar refractivity (Wildman–Crippen MR) is 130 cm³/mol. The van der Waals surface area contributed by atoms with Gasteiger partial charge in [0.05, 0.1) is 18.3 Å². The fourth-order valence-corrected chi connectivity index (χ4v) is 4.65. The summed E-state index contributed by atoms with van der Waals surface area (Å²) in [6.45, 7) is 3.12. The van der Waals surface area contributed by atoms with E-state index in [1.165, 1.54) is 24.3 Å². The van der Waals surface area contributed by atoms with Gasteiger partial charge in [-0.2, -0.15) is 5.10 Å². The highest BCUT2D eigenvalue weighted by molar-refractivity contribution is 7.13. The van der Waals surface area contributed by atoms with Gasteiger partial charge in [-0.05, 0) is 44.2 Å². The number of thiazole rings is 1. The van der Waals surface area contributed by atoms with E-state index in [4.69, 9.17) is 16.3 Å². The Morgan fingerprint density at radius 3 is 2.69 bits per heavy atom. The van der Waals surface area contributed by atoms with E-state index in [0.717, 1.165) is 23.5 Å². The molecule has 4 rings (SSSR count). The molecule has 0 saturated carbocycles. The molecule has 188 valence electrons. The molecule has 0 saturated heterocycles. The van der Waals surface area contributed by atoms with Crippen molar-refractivity contribution in [2.24, 2.45) is 0 Å². The van der Waals surface area contributed by atoms with Crippen LogP contribution in [0.2, 0.25) is 5.02 Å². The fourth-order valence-electron chi connectivity index (χ4n) is 3.64. The lowest BCUT2D eigenvalue weighted by atomic mass is 9.86. The van der Waals surface area contributed by atoms with Gasteiger partial charge in [-0.3, -0.25) is 4.79 Å². The smallest absolute Gasteiger partial charge is 0.263 e. The average Bonchev–Trinajstić information content (AvgIpc) is 3.47. The molecule has 0 radical (unpaired) electrons. The Morgan fingerprint density at radius 1 is 1.28 bits per heavy atom. The zero-order chi connectivity index (χ0) is 25.9. The fraction of sp³-hybridized carbons (Fsp3) is 0.250. The minimum Gasteiger partial charge on any atom is -0.486 e. The third kappa shape index (κ3) is 5.69. The van der Waals surface area contributed by atoms with Gasteiger partial charge in [-0.15, -0.1) is 11.3 Å². The summed E-state index contributed by atoms with van der Waals surface area (Å²) in [7, 11) is 0. The van der Waals surface area contributed by atoms with Gasteiger partial charge in [0.15, 0.2) is 0 Å². The largest absolute Gasteiger partial charge is 0.486 e. The maximum absolute atomic E-state index is 14.7. The normalized spacial score (nSPS) is 13.7. The SMILES string of the molecule is Cc1nc(COc2ccc(Cl)cc2)sc1C(=O)N[C@H](C)[C@](O)(Cn1cncn1)c1ccc(F)cc1F. The van der Waals surface area contributed by atoms with Crippen molar-refractivity contribution in [3.8, 4) is 5.75 Å². The molecule has 0 unspecified atom stereocenters. The maximum Gasteiger partial charge on any atom is 0.263 e. The Kier molecular flexibility index (Phi) is 7.62. The molecule has 0 aliphatic carbocycles. The van der Waals surface area contributed by atoms with Crippen molar-refractivity contribution in [1.82, 2.24) is 25.1 Å². The minimum absolute atomic E-state index is 0.146. The molecule has 2 N–H and O–H groups in total. The van der Waals surface area contributed by atoms with Crippen LogP contribution in [0, 0.1) is 18.6 Å². The van der Waals surface area contributed by atoms with Gasteiger partial charge in [0.25, 0.3) is 5.91 Å². The van der Waals surface area contributed by atoms with Crippen LogP contribution in [0.4, 0.5) is 8.78 Å². The number of rotatable bonds is 9. The molecule has 36 heavy (non-hydrogen) atoms. The number of nitrogens with zero attached hydrogens (tertiary/aromatic N) is 4. The second-order valence-electron chi connectivity index (χ2n) is 8.10. The third-order valence-electron chi connectivity index (χ3n) is 5.55. The highest BCUT2D eigenvalue weighted by Crippen LogP contribution is 2.31. The number of ether oxygens (including phenoxy) is 1. The second-order valence-corrected chi connectivity index (χ2v) is 9.62. The van der Waals surface area contributed by atoms with Gasteiger partial charge in [-0.25, -0.2) is 23.4 Å². The van der Waals surface area contributed by atoms with Crippen LogP contribution in [0.15, 0.2) is 55.1 Å². The Morgan fingerprint density at radius 2 is 2.03 bits per heavy atom. The molecule has 0 fully saturated rings. The second kappa shape index (κ2) is 10.7. The first kappa shape index (κ1) is 25.7. The first-order valence-corrected chi connectivity index (χ1v) is 12.0. The van der Waals surface area contributed by atoms with Crippen molar-refractivity contribution in [1.29, 1.82) is 0 Å². The molecule has 12 heteroatoms. The van der Waals surface area contributed by atoms with Crippen molar-refractivity contribution in [3.05, 3.63) is 92.9 Å². The summed E-state index contributed by atoms with van der Waals surface area (Å²) >= 11 is 7.02. The van der Waals surface area contributed by atoms with Crippen LogP contribution in [-0.2, 0) is 18.8 Å². The van der Waals surface area contributed by atoms with Gasteiger partial charge >= 0.3 is 0 Å². The molecule has 2 atom stereocenters. The summed E-state index contributed by atoms with van der Waals surface area (Å²) in [5, 5.41) is 19.4. The molecule has 2 heterocycles. The van der Waals surface area contributed by atoms with Gasteiger partial charge in [0.2, 0.25) is 0 Å². The molecule has 0 aliphatic rings. The lowest BCUT2D eigenvalue weighted by Crippen LogP contribution is -2.51. The molecular formula is C24H22ClF2N5O3S. The summed E-state index contributed by atoms with van der Waals surface area (Å²) in [4.78, 5) is 21.7. The Balaban J connectivity index is 1.53. The van der Waals surface area contributed by atoms with E-state index in [9.17, 15) is 18.7 Å². The molecular weight excluding hydrogens is 512 g/mol. The van der Waals surface area contributed by atoms with Crippen molar-refractivity contribution < 1.29 is 23.4 Å². The van der Waals surface area contributed by atoms with Crippen LogP contribution in [0.25, 0.3) is 0 Å². The summed E-state index contributed by atoms with van der Waals surface area (Å²) in [6.07, 6.45) is 2.61. The van der Waals surface area contributed by atoms with Crippen molar-refractivity contribution in [3.63, 3.8) is 0 Å². The van der Waals surface area contributed by atoms with E-state index >= 15 is 0 Å². The van der Waals surface area contributed by atoms with Gasteiger partial charge < -0.3 is 15.2 Å². The molecule has 0 bridgehead atoms. The Hall–Kier alpha value is -3.41. The van der Waals surface area contributed by atoms with E-state index in [1.807, 2.05) is 0 Å². The lowest BCUT2D eigenvalue weighted by Gasteiger charge is -2.35. The Labute approximate surface area is 214 Å². The third-order valence-corrected chi connectivity index (χ3v) is 6.94. The lowest BCUT2D eigenvalue weighted by molar-refractivity contribution is -0.0185. The van der Waals surface area contributed by atoms with E-state index in [-0.39, 0.29) is 18.7 Å².